The Morgan fingerprint density at radius 3 is 2.07 bits per heavy atom. The van der Waals surface area contributed by atoms with Gasteiger partial charge in [-0.3, -0.25) is 18.9 Å². The second-order valence-electron chi connectivity index (χ2n) is 8.47. The molecule has 4 aromatic rings. The molecule has 2 aromatic carbocycles. The van der Waals surface area contributed by atoms with Gasteiger partial charge in [-0.05, 0) is 48.5 Å². The summed E-state index contributed by atoms with van der Waals surface area (Å²) in [4.78, 5) is 22.4. The van der Waals surface area contributed by atoms with Crippen molar-refractivity contribution in [3.8, 4) is 23.0 Å². The second kappa shape index (κ2) is 13.7. The third kappa shape index (κ3) is 7.38. The van der Waals surface area contributed by atoms with Crippen LogP contribution in [0.3, 0.4) is 0 Å². The lowest BCUT2D eigenvalue weighted by Gasteiger charge is -2.22. The summed E-state index contributed by atoms with van der Waals surface area (Å²) in [5, 5.41) is 0. The van der Waals surface area contributed by atoms with E-state index in [2.05, 4.69) is 15.0 Å². The van der Waals surface area contributed by atoms with Gasteiger partial charge in [-0.1, -0.05) is 0 Å². The van der Waals surface area contributed by atoms with Crippen molar-refractivity contribution in [2.75, 3.05) is 33.5 Å². The van der Waals surface area contributed by atoms with Crippen molar-refractivity contribution < 1.29 is 45.3 Å². The van der Waals surface area contributed by atoms with E-state index in [1.54, 1.807) is 48.5 Å². The minimum atomic E-state index is -3.28. The predicted molar refractivity (Wildman–Crippen MR) is 143 cm³/mol. The fourth-order valence-electron chi connectivity index (χ4n) is 3.83. The molecule has 42 heavy (non-hydrogen) atoms. The molecule has 0 spiro atoms. The maximum absolute atomic E-state index is 15.0. The Morgan fingerprint density at radius 2 is 1.55 bits per heavy atom. The number of alkyl halides is 4. The Morgan fingerprint density at radius 1 is 1.02 bits per heavy atom. The smallest absolute Gasteiger partial charge is 0.463 e. The Hall–Kier alpha value is -4.14. The van der Waals surface area contributed by atoms with Crippen molar-refractivity contribution in [1.29, 1.82) is 0 Å². The van der Waals surface area contributed by atoms with E-state index in [9.17, 15) is 13.6 Å². The minimum Gasteiger partial charge on any atom is -0.497 e. The molecule has 1 aliphatic heterocycles. The van der Waals surface area contributed by atoms with Gasteiger partial charge < -0.3 is 29.0 Å². The van der Waals surface area contributed by atoms with E-state index in [-0.39, 0.29) is 17.1 Å². The summed E-state index contributed by atoms with van der Waals surface area (Å²) < 4.78 is 83.9. The molecule has 0 amide bonds. The molecule has 226 valence electrons. The highest BCUT2D eigenvalue weighted by atomic mass is 31.2. The molecular weight excluding hydrogens is 589 g/mol. The van der Waals surface area contributed by atoms with Crippen molar-refractivity contribution in [3.05, 3.63) is 65.2 Å². The van der Waals surface area contributed by atoms with E-state index in [1.807, 2.05) is 0 Å². The number of rotatable bonds is 10. The van der Waals surface area contributed by atoms with Crippen LogP contribution in [0.25, 0.3) is 11.2 Å². The Bertz CT molecular complexity index is 1460. The second-order valence-corrected chi connectivity index (χ2v) is 9.54. The lowest BCUT2D eigenvalue weighted by atomic mass is 10.2. The van der Waals surface area contributed by atoms with Crippen LogP contribution in [0.4, 0.5) is 23.5 Å². The number of ether oxygens (including phenoxy) is 3. The number of aromatic nitrogens is 4. The highest BCUT2D eigenvalue weighted by molar-refractivity contribution is 7.42. The van der Waals surface area contributed by atoms with Crippen LogP contribution >= 0.6 is 8.60 Å². The summed E-state index contributed by atoms with van der Waals surface area (Å²) in [6.45, 7) is -2.30. The number of imidazole rings is 1. The zero-order valence-corrected chi connectivity index (χ0v) is 23.1. The maximum atomic E-state index is 15.0. The number of nitrogens with one attached hydrogen (secondary N) is 1. The summed E-state index contributed by atoms with van der Waals surface area (Å²) in [7, 11) is 0.879. The van der Waals surface area contributed by atoms with Gasteiger partial charge in [-0.15, -0.1) is 0 Å². The lowest BCUT2D eigenvalue weighted by molar-refractivity contribution is -0.0976. The van der Waals surface area contributed by atoms with Crippen LogP contribution in [0.15, 0.2) is 59.7 Å². The molecule has 0 radical (unpaired) electrons. The average Bonchev–Trinajstić information content (AvgIpc) is 3.52. The highest BCUT2D eigenvalue weighted by Crippen LogP contribution is 2.46. The van der Waals surface area contributed by atoms with Gasteiger partial charge in [0.25, 0.3) is 11.5 Å². The van der Waals surface area contributed by atoms with Crippen LogP contribution in [0.5, 0.6) is 23.0 Å². The zero-order chi connectivity index (χ0) is 30.3. The van der Waals surface area contributed by atoms with Gasteiger partial charge in [0.05, 0.1) is 33.6 Å². The number of fused-ring (bicyclic) bond motifs is 1. The predicted octanol–water partition coefficient (Wildman–Crippen LogP) is 4.93. The summed E-state index contributed by atoms with van der Waals surface area (Å²) in [5.74, 6) is -1.47. The molecule has 1 aliphatic rings. The summed E-state index contributed by atoms with van der Waals surface area (Å²) in [5.41, 5.74) is 5.02. The van der Waals surface area contributed by atoms with Crippen LogP contribution in [0, 0.1) is 0 Å². The Balaban J connectivity index is 0.00000129. The van der Waals surface area contributed by atoms with Crippen molar-refractivity contribution in [1.82, 2.24) is 19.5 Å². The highest BCUT2D eigenvalue weighted by Gasteiger charge is 2.52. The molecule has 0 saturated carbocycles. The number of anilines is 1. The van der Waals surface area contributed by atoms with Gasteiger partial charge in [0.1, 0.15) is 35.3 Å². The van der Waals surface area contributed by atoms with Gasteiger partial charge >= 0.3 is 8.60 Å². The number of halogens is 4. The minimum absolute atomic E-state index is 0.0338. The van der Waals surface area contributed by atoms with Crippen LogP contribution in [-0.2, 0) is 9.26 Å². The molecule has 3 N–H and O–H groups in total. The molecule has 0 bridgehead atoms. The van der Waals surface area contributed by atoms with Crippen LogP contribution in [0.2, 0.25) is 0 Å². The zero-order valence-electron chi connectivity index (χ0n) is 22.2. The molecule has 2 atom stereocenters. The molecule has 17 heteroatoms. The number of nitrogens with two attached hydrogens (primary N) is 1. The fraction of sp³-hybridized carbons (Fsp3) is 0.320. The first-order valence-electron chi connectivity index (χ1n) is 12.1. The van der Waals surface area contributed by atoms with Crippen molar-refractivity contribution in [2.45, 2.75) is 24.7 Å². The third-order valence-electron chi connectivity index (χ3n) is 5.81. The monoisotopic (exact) mass is 615 g/mol. The van der Waals surface area contributed by atoms with Gasteiger partial charge in [0.15, 0.2) is 11.2 Å². The standard InChI is InChI=1S/C24H24F2N5O7P.CH2F2/c1-33-14-3-7-16(8-4-14)37-39(38-17-9-5-15(34-2)6-10-17)35-12-18-24(25,26)11-19(36-18)31-13-28-20-21(31)29-23(27)30-22(20)32;2-1-3/h3-10,13,18-19H,11-12H2,1-2H3,(H3,27,29,30,32);1H2. The molecule has 1 saturated heterocycles. The van der Waals surface area contributed by atoms with E-state index in [0.29, 0.717) is 23.0 Å². The lowest BCUT2D eigenvalue weighted by Crippen LogP contribution is -2.32. The molecule has 2 aromatic heterocycles. The number of methoxy groups -OCH3 is 2. The molecule has 0 aliphatic carbocycles. The Labute approximate surface area is 237 Å². The van der Waals surface area contributed by atoms with E-state index < -0.39 is 52.4 Å². The number of nitrogens with zero attached hydrogens (tertiary/aromatic N) is 3. The molecule has 2 unspecified atom stereocenters. The van der Waals surface area contributed by atoms with Gasteiger partial charge in [-0.2, -0.15) is 4.98 Å². The first-order valence-corrected chi connectivity index (χ1v) is 13.2. The number of nitrogen functional groups attached to an aromatic ring is 1. The quantitative estimate of drug-likeness (QED) is 0.186. The third-order valence-corrected chi connectivity index (χ3v) is 6.89. The first-order chi connectivity index (χ1) is 20.2. The maximum Gasteiger partial charge on any atom is 0.463 e. The molecule has 5 rings (SSSR count). The van der Waals surface area contributed by atoms with Crippen LogP contribution in [0.1, 0.15) is 12.6 Å². The van der Waals surface area contributed by atoms with Gasteiger partial charge in [-0.25, -0.2) is 22.5 Å². The van der Waals surface area contributed by atoms with Crippen molar-refractivity contribution in [2.24, 2.45) is 0 Å². The first kappa shape index (κ1) is 30.8. The normalized spacial score (nSPS) is 17.5. The molecule has 1 fully saturated rings. The molecule has 12 nitrogen and oxygen atoms in total. The summed E-state index contributed by atoms with van der Waals surface area (Å²) >= 11 is 0. The van der Waals surface area contributed by atoms with Crippen LogP contribution in [-0.4, -0.2) is 59.3 Å². The van der Waals surface area contributed by atoms with E-state index in [1.165, 1.54) is 25.1 Å². The number of aromatic amines is 1. The number of hydrogen-bond donors (Lipinski definition) is 2. The number of benzene rings is 2. The average molecular weight is 615 g/mol. The van der Waals surface area contributed by atoms with E-state index in [4.69, 9.17) is 33.5 Å². The van der Waals surface area contributed by atoms with E-state index in [0.717, 1.165) is 0 Å². The topological polar surface area (TPSA) is 145 Å². The number of H-pyrrole nitrogens is 1. The van der Waals surface area contributed by atoms with Crippen molar-refractivity contribution in [3.63, 3.8) is 0 Å². The van der Waals surface area contributed by atoms with Gasteiger partial charge in [0.2, 0.25) is 12.9 Å². The largest absolute Gasteiger partial charge is 0.497 e. The summed E-state index contributed by atoms with van der Waals surface area (Å²) in [6, 6.07) is 13.2. The van der Waals surface area contributed by atoms with E-state index >= 15 is 8.78 Å². The van der Waals surface area contributed by atoms with Crippen LogP contribution < -0.4 is 29.8 Å². The van der Waals surface area contributed by atoms with Gasteiger partial charge in [0, 0.05) is 0 Å². The SMILES string of the molecule is COc1ccc(OP(OCC2OC(n3cnc4c(=O)[nH]c(N)nc43)CC2(F)F)Oc2ccc(OC)cc2)cc1.FCF. The van der Waals surface area contributed by atoms with Crippen molar-refractivity contribution >= 4 is 25.7 Å². The molecular formula is C25H26F4N5O7P. The fourth-order valence-corrected chi connectivity index (χ4v) is 4.81. The Kier molecular flexibility index (Phi) is 10.0. The number of hydrogen-bond acceptors (Lipinski definition) is 10. The summed E-state index contributed by atoms with van der Waals surface area (Å²) in [6.07, 6.45) is -2.30. The molecule has 3 heterocycles.